The summed E-state index contributed by atoms with van der Waals surface area (Å²) in [6, 6.07) is 22.8. The highest BCUT2D eigenvalue weighted by atomic mass is 35.5. The van der Waals surface area contributed by atoms with Crippen LogP contribution in [0.4, 0.5) is 5.82 Å². The highest BCUT2D eigenvalue weighted by molar-refractivity contribution is 7.12. The van der Waals surface area contributed by atoms with Gasteiger partial charge in [-0.2, -0.15) is 5.10 Å². The van der Waals surface area contributed by atoms with Crippen LogP contribution in [0.1, 0.15) is 41.7 Å². The van der Waals surface area contributed by atoms with Gasteiger partial charge in [-0.1, -0.05) is 80.9 Å². The van der Waals surface area contributed by atoms with E-state index in [1.165, 1.54) is 11.3 Å². The summed E-state index contributed by atoms with van der Waals surface area (Å²) >= 11 is 7.82. The molecule has 0 fully saturated rings. The number of halogens is 1. The van der Waals surface area contributed by atoms with Crippen LogP contribution in [-0.2, 0) is 16.6 Å². The molecule has 1 N–H and O–H groups in total. The third-order valence-corrected chi connectivity index (χ3v) is 6.87. The molecule has 0 aliphatic carbocycles. The third-order valence-electron chi connectivity index (χ3n) is 5.69. The van der Waals surface area contributed by atoms with Gasteiger partial charge in [0.1, 0.15) is 12.4 Å². The Kier molecular flexibility index (Phi) is 7.91. The van der Waals surface area contributed by atoms with Crippen molar-refractivity contribution in [3.8, 4) is 5.69 Å². The summed E-state index contributed by atoms with van der Waals surface area (Å²) in [7, 11) is 0. The average molecular weight is 521 g/mol. The van der Waals surface area contributed by atoms with E-state index in [1.54, 1.807) is 21.7 Å². The molecule has 0 bridgehead atoms. The SMILES string of the molecule is CC(C)(C)c1cc(NC(=O)CN(CCc2ccccc2)C(=O)c2cccs2)n(-c2ccccc2Cl)n1. The number of aromatic nitrogens is 2. The second-order valence-electron chi connectivity index (χ2n) is 9.52. The molecule has 186 valence electrons. The fourth-order valence-corrected chi connectivity index (χ4v) is 4.62. The molecular weight excluding hydrogens is 492 g/mol. The second-order valence-corrected chi connectivity index (χ2v) is 10.9. The molecule has 8 heteroatoms. The van der Waals surface area contributed by atoms with Gasteiger partial charge in [0.15, 0.2) is 0 Å². The van der Waals surface area contributed by atoms with Gasteiger partial charge >= 0.3 is 0 Å². The lowest BCUT2D eigenvalue weighted by Gasteiger charge is -2.22. The van der Waals surface area contributed by atoms with Crippen molar-refractivity contribution in [1.82, 2.24) is 14.7 Å². The van der Waals surface area contributed by atoms with E-state index in [0.29, 0.717) is 34.4 Å². The van der Waals surface area contributed by atoms with Crippen LogP contribution < -0.4 is 5.32 Å². The minimum Gasteiger partial charge on any atom is -0.328 e. The van der Waals surface area contributed by atoms with Crippen molar-refractivity contribution in [2.75, 3.05) is 18.4 Å². The molecule has 4 rings (SSSR count). The zero-order valence-electron chi connectivity index (χ0n) is 20.6. The maximum atomic E-state index is 13.3. The zero-order chi connectivity index (χ0) is 25.7. The molecular formula is C28H29ClN4O2S. The van der Waals surface area contributed by atoms with Crippen molar-refractivity contribution in [2.24, 2.45) is 0 Å². The molecule has 36 heavy (non-hydrogen) atoms. The van der Waals surface area contributed by atoms with E-state index >= 15 is 0 Å². The number of amides is 2. The minimum absolute atomic E-state index is 0.0812. The van der Waals surface area contributed by atoms with Crippen molar-refractivity contribution in [3.63, 3.8) is 0 Å². The fraction of sp³-hybridized carbons (Fsp3) is 0.250. The third kappa shape index (κ3) is 6.22. The number of nitrogens with one attached hydrogen (secondary N) is 1. The highest BCUT2D eigenvalue weighted by Gasteiger charge is 2.24. The largest absolute Gasteiger partial charge is 0.328 e. The number of para-hydroxylation sites is 1. The van der Waals surface area contributed by atoms with Gasteiger partial charge in [-0.3, -0.25) is 9.59 Å². The highest BCUT2D eigenvalue weighted by Crippen LogP contribution is 2.29. The first kappa shape index (κ1) is 25.7. The quantitative estimate of drug-likeness (QED) is 0.300. The summed E-state index contributed by atoms with van der Waals surface area (Å²) in [6.07, 6.45) is 0.650. The lowest BCUT2D eigenvalue weighted by Crippen LogP contribution is -2.39. The average Bonchev–Trinajstić information content (AvgIpc) is 3.53. The first-order valence-electron chi connectivity index (χ1n) is 11.7. The van der Waals surface area contributed by atoms with Gasteiger partial charge in [0.25, 0.3) is 5.91 Å². The monoisotopic (exact) mass is 520 g/mol. The molecule has 0 spiro atoms. The summed E-state index contributed by atoms with van der Waals surface area (Å²) in [5.74, 6) is 0.0392. The van der Waals surface area contributed by atoms with Crippen molar-refractivity contribution in [3.05, 3.63) is 99.3 Å². The van der Waals surface area contributed by atoms with Crippen LogP contribution in [-0.4, -0.2) is 39.6 Å². The predicted molar refractivity (Wildman–Crippen MR) is 146 cm³/mol. The van der Waals surface area contributed by atoms with Crippen LogP contribution in [0.3, 0.4) is 0 Å². The molecule has 2 amide bonds. The van der Waals surface area contributed by atoms with E-state index in [-0.39, 0.29) is 23.8 Å². The standard InChI is InChI=1S/C28H29ClN4O2S/c1-28(2,3)24-18-25(33(31-24)22-13-8-7-12-21(22)29)30-26(34)19-32(27(35)23-14-9-17-36-23)16-15-20-10-5-4-6-11-20/h4-14,17-18H,15-16,19H2,1-3H3,(H,30,34). The smallest absolute Gasteiger partial charge is 0.264 e. The van der Waals surface area contributed by atoms with E-state index in [1.807, 2.05) is 66.0 Å². The Bertz CT molecular complexity index is 1330. The van der Waals surface area contributed by atoms with Gasteiger partial charge < -0.3 is 10.2 Å². The van der Waals surface area contributed by atoms with E-state index in [9.17, 15) is 9.59 Å². The van der Waals surface area contributed by atoms with Crippen molar-refractivity contribution in [1.29, 1.82) is 0 Å². The van der Waals surface area contributed by atoms with Crippen molar-refractivity contribution < 1.29 is 9.59 Å². The van der Waals surface area contributed by atoms with Crippen LogP contribution in [0.2, 0.25) is 5.02 Å². The molecule has 2 heterocycles. The number of anilines is 1. The van der Waals surface area contributed by atoms with Crippen LogP contribution >= 0.6 is 22.9 Å². The first-order valence-corrected chi connectivity index (χ1v) is 13.0. The summed E-state index contributed by atoms with van der Waals surface area (Å²) < 4.78 is 1.65. The molecule has 0 unspecified atom stereocenters. The molecule has 0 aliphatic heterocycles. The molecule has 6 nitrogen and oxygen atoms in total. The lowest BCUT2D eigenvalue weighted by atomic mass is 9.92. The van der Waals surface area contributed by atoms with Crippen molar-refractivity contribution in [2.45, 2.75) is 32.6 Å². The van der Waals surface area contributed by atoms with Gasteiger partial charge in [0.05, 0.1) is 21.3 Å². The number of carbonyl (C=O) groups is 2. The van der Waals surface area contributed by atoms with E-state index in [4.69, 9.17) is 16.7 Å². The number of hydrogen-bond donors (Lipinski definition) is 1. The van der Waals surface area contributed by atoms with Crippen LogP contribution in [0.25, 0.3) is 5.69 Å². The Balaban J connectivity index is 1.57. The van der Waals surface area contributed by atoms with Gasteiger partial charge in [-0.05, 0) is 35.6 Å². The lowest BCUT2D eigenvalue weighted by molar-refractivity contribution is -0.116. The van der Waals surface area contributed by atoms with Crippen LogP contribution in [0, 0.1) is 0 Å². The molecule has 0 aliphatic rings. The van der Waals surface area contributed by atoms with E-state index in [2.05, 4.69) is 26.1 Å². The molecule has 0 saturated carbocycles. The van der Waals surface area contributed by atoms with Crippen LogP contribution in [0.15, 0.2) is 78.2 Å². The Labute approximate surface area is 220 Å². The molecule has 2 aromatic carbocycles. The fourth-order valence-electron chi connectivity index (χ4n) is 3.72. The Morgan fingerprint density at radius 3 is 2.42 bits per heavy atom. The topological polar surface area (TPSA) is 67.2 Å². The maximum absolute atomic E-state index is 13.3. The number of carbonyl (C=O) groups excluding carboxylic acids is 2. The predicted octanol–water partition coefficient (Wildman–Crippen LogP) is 6.21. The van der Waals surface area contributed by atoms with Gasteiger partial charge in [0.2, 0.25) is 5.91 Å². The summed E-state index contributed by atoms with van der Waals surface area (Å²) in [5, 5.41) is 10.1. The van der Waals surface area contributed by atoms with Gasteiger partial charge in [-0.25, -0.2) is 4.68 Å². The molecule has 4 aromatic rings. The maximum Gasteiger partial charge on any atom is 0.264 e. The number of benzene rings is 2. The van der Waals surface area contributed by atoms with Crippen LogP contribution in [0.5, 0.6) is 0 Å². The molecule has 0 radical (unpaired) electrons. The Morgan fingerprint density at radius 1 is 1.03 bits per heavy atom. The summed E-state index contributed by atoms with van der Waals surface area (Å²) in [4.78, 5) is 28.7. The molecule has 2 aromatic heterocycles. The normalized spacial score (nSPS) is 11.3. The van der Waals surface area contributed by atoms with Crippen molar-refractivity contribution >= 4 is 40.6 Å². The Hall–Kier alpha value is -3.42. The molecule has 0 saturated heterocycles. The summed E-state index contributed by atoms with van der Waals surface area (Å²) in [6.45, 7) is 6.52. The number of rotatable bonds is 8. The molecule has 0 atom stereocenters. The first-order chi connectivity index (χ1) is 17.2. The Morgan fingerprint density at radius 2 is 1.75 bits per heavy atom. The number of thiophene rings is 1. The zero-order valence-corrected chi connectivity index (χ0v) is 22.1. The van der Waals surface area contributed by atoms with Gasteiger partial charge in [-0.15, -0.1) is 11.3 Å². The second kappa shape index (κ2) is 11.1. The summed E-state index contributed by atoms with van der Waals surface area (Å²) in [5.41, 5.74) is 2.35. The minimum atomic E-state index is -0.304. The van der Waals surface area contributed by atoms with E-state index in [0.717, 1.165) is 11.3 Å². The number of nitrogens with zero attached hydrogens (tertiary/aromatic N) is 3. The number of hydrogen-bond acceptors (Lipinski definition) is 4. The van der Waals surface area contributed by atoms with Gasteiger partial charge in [0, 0.05) is 18.0 Å². The van der Waals surface area contributed by atoms with E-state index < -0.39 is 0 Å².